The van der Waals surface area contributed by atoms with E-state index in [1.54, 1.807) is 0 Å². The van der Waals surface area contributed by atoms with E-state index in [1.807, 2.05) is 72.8 Å². The van der Waals surface area contributed by atoms with Crippen molar-refractivity contribution in [3.05, 3.63) is 189 Å². The van der Waals surface area contributed by atoms with Gasteiger partial charge in [-0.1, -0.05) is 132 Å². The van der Waals surface area contributed by atoms with Crippen LogP contribution in [0.15, 0.2) is 133 Å². The summed E-state index contributed by atoms with van der Waals surface area (Å²) >= 11 is 0. The number of hydrogen-bond donors (Lipinski definition) is 0. The molecule has 0 bridgehead atoms. The Hall–Kier alpha value is -5.34. The molecule has 0 fully saturated rings. The van der Waals surface area contributed by atoms with Gasteiger partial charge in [-0.2, -0.15) is 0 Å². The highest BCUT2D eigenvalue weighted by Crippen LogP contribution is 2.63. The molecule has 0 saturated heterocycles. The zero-order chi connectivity index (χ0) is 29.3. The van der Waals surface area contributed by atoms with Gasteiger partial charge in [-0.05, 0) is 70.5 Å². The highest BCUT2D eigenvalue weighted by molar-refractivity contribution is 6.11. The van der Waals surface area contributed by atoms with Crippen LogP contribution in [0, 0.1) is 13.8 Å². The second-order valence-corrected chi connectivity index (χ2v) is 11.8. The van der Waals surface area contributed by atoms with E-state index in [0.29, 0.717) is 22.3 Å². The summed E-state index contributed by atoms with van der Waals surface area (Å²) in [7, 11) is 0. The van der Waals surface area contributed by atoms with E-state index in [4.69, 9.17) is 0 Å². The Morgan fingerprint density at radius 2 is 0.744 bits per heavy atom. The van der Waals surface area contributed by atoms with Crippen molar-refractivity contribution in [2.24, 2.45) is 0 Å². The van der Waals surface area contributed by atoms with E-state index in [2.05, 4.69) is 74.5 Å². The number of rotatable bonds is 4. The van der Waals surface area contributed by atoms with Crippen LogP contribution in [0.3, 0.4) is 0 Å². The van der Waals surface area contributed by atoms with E-state index in [1.165, 1.54) is 33.4 Å². The zero-order valence-corrected chi connectivity index (χ0v) is 24.0. The number of carbonyl (C=O) groups excluding carboxylic acids is 2. The normalized spacial score (nSPS) is 13.3. The van der Waals surface area contributed by atoms with Crippen LogP contribution < -0.4 is 0 Å². The van der Waals surface area contributed by atoms with Crippen molar-refractivity contribution in [2.75, 3.05) is 0 Å². The SMILES string of the molecule is Cc1ccc2c(c1)C1(c3cc(C)ccc3-c3ccc(C(=O)c4ccccc4)cc31)c1cc(C(=O)c3ccccc3)ccc1-2. The summed E-state index contributed by atoms with van der Waals surface area (Å²) in [6.07, 6.45) is 0. The lowest BCUT2D eigenvalue weighted by Gasteiger charge is -2.31. The summed E-state index contributed by atoms with van der Waals surface area (Å²) in [6, 6.07) is 44.6. The van der Waals surface area contributed by atoms with Crippen LogP contribution in [0.2, 0.25) is 0 Å². The Morgan fingerprint density at radius 3 is 1.14 bits per heavy atom. The van der Waals surface area contributed by atoms with E-state index >= 15 is 0 Å². The summed E-state index contributed by atoms with van der Waals surface area (Å²) in [4.78, 5) is 27.6. The summed E-state index contributed by atoms with van der Waals surface area (Å²) in [5, 5.41) is 0. The van der Waals surface area contributed by atoms with Gasteiger partial charge >= 0.3 is 0 Å². The molecule has 0 aliphatic heterocycles. The molecule has 0 unspecified atom stereocenters. The van der Waals surface area contributed by atoms with Crippen molar-refractivity contribution in [1.82, 2.24) is 0 Å². The predicted molar refractivity (Wildman–Crippen MR) is 172 cm³/mol. The number of aryl methyl sites for hydroxylation is 2. The van der Waals surface area contributed by atoms with E-state index in [0.717, 1.165) is 22.3 Å². The van der Waals surface area contributed by atoms with Crippen LogP contribution in [0.25, 0.3) is 22.3 Å². The number of benzene rings is 6. The zero-order valence-electron chi connectivity index (χ0n) is 24.0. The molecule has 0 amide bonds. The first-order valence-corrected chi connectivity index (χ1v) is 14.7. The Morgan fingerprint density at radius 1 is 0.395 bits per heavy atom. The van der Waals surface area contributed by atoms with Crippen molar-refractivity contribution >= 4 is 11.6 Å². The van der Waals surface area contributed by atoms with Crippen molar-refractivity contribution in [1.29, 1.82) is 0 Å². The number of fused-ring (bicyclic) bond motifs is 10. The van der Waals surface area contributed by atoms with Crippen LogP contribution in [0.4, 0.5) is 0 Å². The maximum absolute atomic E-state index is 13.8. The average molecular weight is 553 g/mol. The summed E-state index contributed by atoms with van der Waals surface area (Å²) < 4.78 is 0. The van der Waals surface area contributed by atoms with E-state index < -0.39 is 5.41 Å². The van der Waals surface area contributed by atoms with Gasteiger partial charge in [-0.15, -0.1) is 0 Å². The fourth-order valence-corrected chi connectivity index (χ4v) is 7.25. The molecule has 2 nitrogen and oxygen atoms in total. The molecule has 0 N–H and O–H groups in total. The summed E-state index contributed by atoms with van der Waals surface area (Å²) in [5.41, 5.74) is 13.5. The molecule has 0 atom stereocenters. The molecule has 8 rings (SSSR count). The van der Waals surface area contributed by atoms with Crippen LogP contribution in [-0.2, 0) is 5.41 Å². The smallest absolute Gasteiger partial charge is 0.193 e. The molecule has 2 heteroatoms. The van der Waals surface area contributed by atoms with Crippen molar-refractivity contribution in [2.45, 2.75) is 19.3 Å². The topological polar surface area (TPSA) is 34.1 Å². The molecular weight excluding hydrogens is 524 g/mol. The van der Waals surface area contributed by atoms with Gasteiger partial charge in [-0.3, -0.25) is 9.59 Å². The minimum absolute atomic E-state index is 0.00128. The molecule has 2 aliphatic carbocycles. The molecule has 0 heterocycles. The largest absolute Gasteiger partial charge is 0.289 e. The Bertz CT molecular complexity index is 1970. The highest BCUT2D eigenvalue weighted by atomic mass is 16.1. The minimum Gasteiger partial charge on any atom is -0.289 e. The number of hydrogen-bond acceptors (Lipinski definition) is 2. The van der Waals surface area contributed by atoms with Crippen molar-refractivity contribution in [3.8, 4) is 22.3 Å². The lowest BCUT2D eigenvalue weighted by Crippen LogP contribution is -2.27. The fraction of sp³-hybridized carbons (Fsp3) is 0.0732. The maximum atomic E-state index is 13.8. The molecule has 6 aromatic rings. The molecule has 0 radical (unpaired) electrons. The Labute approximate surface area is 251 Å². The van der Waals surface area contributed by atoms with Gasteiger partial charge in [0, 0.05) is 22.3 Å². The number of carbonyl (C=O) groups is 2. The molecule has 43 heavy (non-hydrogen) atoms. The first-order chi connectivity index (χ1) is 21.0. The van der Waals surface area contributed by atoms with Gasteiger partial charge < -0.3 is 0 Å². The van der Waals surface area contributed by atoms with Crippen molar-refractivity contribution in [3.63, 3.8) is 0 Å². The monoisotopic (exact) mass is 552 g/mol. The molecule has 0 saturated carbocycles. The van der Waals surface area contributed by atoms with E-state index in [-0.39, 0.29) is 11.6 Å². The first-order valence-electron chi connectivity index (χ1n) is 14.7. The lowest BCUT2D eigenvalue weighted by atomic mass is 9.69. The van der Waals surface area contributed by atoms with E-state index in [9.17, 15) is 9.59 Å². The van der Waals surface area contributed by atoms with Crippen LogP contribution >= 0.6 is 0 Å². The third-order valence-electron chi connectivity index (χ3n) is 9.18. The molecule has 0 aromatic heterocycles. The van der Waals surface area contributed by atoms with Crippen LogP contribution in [0.1, 0.15) is 65.2 Å². The van der Waals surface area contributed by atoms with Gasteiger partial charge in [0.1, 0.15) is 0 Å². The van der Waals surface area contributed by atoms with Gasteiger partial charge in [0.25, 0.3) is 0 Å². The minimum atomic E-state index is -0.659. The second kappa shape index (κ2) is 9.34. The maximum Gasteiger partial charge on any atom is 0.193 e. The summed E-state index contributed by atoms with van der Waals surface area (Å²) in [6.45, 7) is 4.26. The third kappa shape index (κ3) is 3.60. The molecule has 2 aliphatic rings. The second-order valence-electron chi connectivity index (χ2n) is 11.8. The summed E-state index contributed by atoms with van der Waals surface area (Å²) in [5.74, 6) is 0.00255. The Balaban J connectivity index is 1.45. The lowest BCUT2D eigenvalue weighted by molar-refractivity contribution is 0.103. The standard InChI is InChI=1S/C41H28O2/c1-25-13-17-31-33-19-15-29(39(42)27-9-5-3-6-10-27)23-37(33)41(35(31)21-25)36-22-26(2)14-18-32(36)34-20-16-30(24-38(34)41)40(43)28-11-7-4-8-12-28/h3-24H,1-2H3. The average Bonchev–Trinajstić information content (AvgIpc) is 3.50. The highest BCUT2D eigenvalue weighted by Gasteiger charge is 2.52. The molecule has 1 spiro atoms. The Kier molecular flexibility index (Phi) is 5.51. The third-order valence-corrected chi connectivity index (χ3v) is 9.18. The molecular formula is C41H28O2. The molecule has 6 aromatic carbocycles. The molecule has 204 valence electrons. The van der Waals surface area contributed by atoms with Crippen LogP contribution in [0.5, 0.6) is 0 Å². The quantitative estimate of drug-likeness (QED) is 0.204. The fourth-order valence-electron chi connectivity index (χ4n) is 7.25. The van der Waals surface area contributed by atoms with Gasteiger partial charge in [-0.25, -0.2) is 0 Å². The number of ketones is 2. The predicted octanol–water partition coefficient (Wildman–Crippen LogP) is 9.11. The first kappa shape index (κ1) is 25.4. The van der Waals surface area contributed by atoms with Gasteiger partial charge in [0.15, 0.2) is 11.6 Å². The van der Waals surface area contributed by atoms with Crippen LogP contribution in [-0.4, -0.2) is 11.6 Å². The van der Waals surface area contributed by atoms with Gasteiger partial charge in [0.05, 0.1) is 5.41 Å². The van der Waals surface area contributed by atoms with Crippen molar-refractivity contribution < 1.29 is 9.59 Å². The van der Waals surface area contributed by atoms with Gasteiger partial charge in [0.2, 0.25) is 0 Å².